The van der Waals surface area contributed by atoms with Crippen molar-refractivity contribution in [3.8, 4) is 0 Å². The molecule has 0 unspecified atom stereocenters. The minimum atomic E-state index is -1.05. The third kappa shape index (κ3) is 3.88. The summed E-state index contributed by atoms with van der Waals surface area (Å²) in [6, 6.07) is 6.39. The van der Waals surface area contributed by atoms with E-state index in [1.54, 1.807) is 29.2 Å². The zero-order valence-corrected chi connectivity index (χ0v) is 12.9. The van der Waals surface area contributed by atoms with Crippen molar-refractivity contribution in [2.24, 2.45) is 5.41 Å². The number of anilines is 1. The first kappa shape index (κ1) is 15.6. The molecule has 5 nitrogen and oxygen atoms in total. The average Bonchev–Trinajstić information content (AvgIpc) is 2.75. The zero-order chi connectivity index (χ0) is 15.6. The van der Waals surface area contributed by atoms with Crippen LogP contribution in [0, 0.1) is 5.41 Å². The highest BCUT2D eigenvalue weighted by Crippen LogP contribution is 2.30. The van der Waals surface area contributed by atoms with Gasteiger partial charge in [-0.05, 0) is 30.0 Å². The van der Waals surface area contributed by atoms with Crippen molar-refractivity contribution in [3.05, 3.63) is 29.3 Å². The molecule has 0 radical (unpaired) electrons. The van der Waals surface area contributed by atoms with Crippen molar-refractivity contribution in [2.75, 3.05) is 24.5 Å². The summed E-state index contributed by atoms with van der Waals surface area (Å²) >= 11 is 5.94. The highest BCUT2D eigenvalue weighted by atomic mass is 35.5. The molecule has 2 rings (SSSR count). The van der Waals surface area contributed by atoms with Crippen LogP contribution in [0.1, 0.15) is 20.3 Å². The summed E-state index contributed by atoms with van der Waals surface area (Å²) in [4.78, 5) is 26.7. The SMILES string of the molecule is CC1(C)CCN(C(=O)N(CC(=O)O)c2cccc(Cl)c2)C1. The van der Waals surface area contributed by atoms with Crippen molar-refractivity contribution in [2.45, 2.75) is 20.3 Å². The molecular weight excluding hydrogens is 292 g/mol. The van der Waals surface area contributed by atoms with E-state index in [2.05, 4.69) is 13.8 Å². The quantitative estimate of drug-likeness (QED) is 0.933. The maximum Gasteiger partial charge on any atom is 0.325 e. The number of urea groups is 1. The second-order valence-corrected chi connectivity index (χ2v) is 6.51. The molecule has 1 heterocycles. The number of rotatable bonds is 3. The monoisotopic (exact) mass is 310 g/mol. The molecule has 1 N–H and O–H groups in total. The van der Waals surface area contributed by atoms with E-state index in [0.29, 0.717) is 23.8 Å². The van der Waals surface area contributed by atoms with Gasteiger partial charge in [-0.3, -0.25) is 9.69 Å². The largest absolute Gasteiger partial charge is 0.480 e. The number of hydrogen-bond donors (Lipinski definition) is 1. The molecule has 0 bridgehead atoms. The lowest BCUT2D eigenvalue weighted by Gasteiger charge is -2.28. The maximum atomic E-state index is 12.6. The molecule has 1 aliphatic rings. The van der Waals surface area contributed by atoms with Gasteiger partial charge in [0.2, 0.25) is 0 Å². The summed E-state index contributed by atoms with van der Waals surface area (Å²) in [6.45, 7) is 5.09. The Morgan fingerprint density at radius 3 is 2.67 bits per heavy atom. The predicted octanol–water partition coefficient (Wildman–Crippen LogP) is 3.08. The van der Waals surface area contributed by atoms with Crippen LogP contribution in [-0.2, 0) is 4.79 Å². The number of aliphatic carboxylic acids is 1. The van der Waals surface area contributed by atoms with Crippen LogP contribution in [-0.4, -0.2) is 41.6 Å². The molecular formula is C15H19ClN2O3. The predicted molar refractivity (Wildman–Crippen MR) is 81.8 cm³/mol. The Balaban J connectivity index is 2.24. The number of likely N-dealkylation sites (tertiary alicyclic amines) is 1. The molecule has 21 heavy (non-hydrogen) atoms. The Bertz CT molecular complexity index is 560. The fourth-order valence-corrected chi connectivity index (χ4v) is 2.68. The van der Waals surface area contributed by atoms with E-state index < -0.39 is 5.97 Å². The lowest BCUT2D eigenvalue weighted by Crippen LogP contribution is -2.45. The van der Waals surface area contributed by atoms with Crippen LogP contribution in [0.5, 0.6) is 0 Å². The van der Waals surface area contributed by atoms with Crippen LogP contribution >= 0.6 is 11.6 Å². The molecule has 1 aromatic rings. The number of benzene rings is 1. The van der Waals surface area contributed by atoms with Crippen molar-refractivity contribution in [1.82, 2.24) is 4.90 Å². The molecule has 1 aliphatic heterocycles. The van der Waals surface area contributed by atoms with Crippen molar-refractivity contribution < 1.29 is 14.7 Å². The van der Waals surface area contributed by atoms with Gasteiger partial charge >= 0.3 is 12.0 Å². The van der Waals surface area contributed by atoms with Crippen LogP contribution in [0.25, 0.3) is 0 Å². The van der Waals surface area contributed by atoms with Gasteiger partial charge < -0.3 is 10.0 Å². The minimum Gasteiger partial charge on any atom is -0.480 e. The number of halogens is 1. The molecule has 0 atom stereocenters. The number of carboxylic acids is 1. The Kier molecular flexibility index (Phi) is 4.42. The highest BCUT2D eigenvalue weighted by molar-refractivity contribution is 6.30. The number of carbonyl (C=O) groups excluding carboxylic acids is 1. The van der Waals surface area contributed by atoms with E-state index in [1.165, 1.54) is 4.90 Å². The van der Waals surface area contributed by atoms with Gasteiger partial charge in [-0.1, -0.05) is 31.5 Å². The standard InChI is InChI=1S/C15H19ClN2O3/c1-15(2)6-7-17(10-15)14(21)18(9-13(19)20)12-5-3-4-11(16)8-12/h3-5,8H,6-7,9-10H2,1-2H3,(H,19,20). The summed E-state index contributed by atoms with van der Waals surface area (Å²) in [6.07, 6.45) is 0.912. The maximum absolute atomic E-state index is 12.6. The van der Waals surface area contributed by atoms with E-state index in [4.69, 9.17) is 16.7 Å². The Morgan fingerprint density at radius 2 is 2.14 bits per heavy atom. The summed E-state index contributed by atoms with van der Waals surface area (Å²) in [5.41, 5.74) is 0.568. The smallest absolute Gasteiger partial charge is 0.325 e. The summed E-state index contributed by atoms with van der Waals surface area (Å²) in [5, 5.41) is 9.53. The topological polar surface area (TPSA) is 60.9 Å². The van der Waals surface area contributed by atoms with E-state index in [-0.39, 0.29) is 18.0 Å². The third-order valence-corrected chi connectivity index (χ3v) is 3.83. The van der Waals surface area contributed by atoms with Crippen molar-refractivity contribution >= 4 is 29.3 Å². The lowest BCUT2D eigenvalue weighted by molar-refractivity contribution is -0.135. The number of amides is 2. The minimum absolute atomic E-state index is 0.0683. The molecule has 0 spiro atoms. The normalized spacial score (nSPS) is 16.8. The van der Waals surface area contributed by atoms with Crippen molar-refractivity contribution in [1.29, 1.82) is 0 Å². The van der Waals surface area contributed by atoms with Crippen LogP contribution in [0.2, 0.25) is 5.02 Å². The Morgan fingerprint density at radius 1 is 1.43 bits per heavy atom. The second kappa shape index (κ2) is 5.93. The second-order valence-electron chi connectivity index (χ2n) is 6.08. The molecule has 1 saturated heterocycles. The lowest BCUT2D eigenvalue weighted by atomic mass is 9.93. The molecule has 0 aliphatic carbocycles. The third-order valence-electron chi connectivity index (χ3n) is 3.59. The summed E-state index contributed by atoms with van der Waals surface area (Å²) < 4.78 is 0. The highest BCUT2D eigenvalue weighted by Gasteiger charge is 2.35. The van der Waals surface area contributed by atoms with Gasteiger partial charge in [-0.25, -0.2) is 4.79 Å². The van der Waals surface area contributed by atoms with Gasteiger partial charge in [0.15, 0.2) is 0 Å². The molecule has 1 aromatic carbocycles. The zero-order valence-electron chi connectivity index (χ0n) is 12.2. The fourth-order valence-electron chi connectivity index (χ4n) is 2.50. The van der Waals surface area contributed by atoms with Gasteiger partial charge in [0.05, 0.1) is 0 Å². The number of hydrogen-bond acceptors (Lipinski definition) is 2. The van der Waals surface area contributed by atoms with Crippen LogP contribution < -0.4 is 4.90 Å². The number of carbonyl (C=O) groups is 2. The van der Waals surface area contributed by atoms with Crippen molar-refractivity contribution in [3.63, 3.8) is 0 Å². The molecule has 0 aromatic heterocycles. The van der Waals surface area contributed by atoms with Crippen LogP contribution in [0.3, 0.4) is 0 Å². The van der Waals surface area contributed by atoms with Crippen LogP contribution in [0.15, 0.2) is 24.3 Å². The molecule has 2 amide bonds. The average molecular weight is 311 g/mol. The van der Waals surface area contributed by atoms with Gasteiger partial charge in [0, 0.05) is 23.8 Å². The van der Waals surface area contributed by atoms with Crippen LogP contribution in [0.4, 0.5) is 10.5 Å². The fraction of sp³-hybridized carbons (Fsp3) is 0.467. The first-order valence-corrected chi connectivity index (χ1v) is 7.20. The first-order valence-electron chi connectivity index (χ1n) is 6.82. The van der Waals surface area contributed by atoms with E-state index >= 15 is 0 Å². The summed E-state index contributed by atoms with van der Waals surface area (Å²) in [7, 11) is 0. The number of carboxylic acid groups (broad SMARTS) is 1. The number of nitrogens with zero attached hydrogens (tertiary/aromatic N) is 2. The summed E-state index contributed by atoms with van der Waals surface area (Å²) in [5.74, 6) is -1.05. The van der Waals surface area contributed by atoms with Gasteiger partial charge in [0.25, 0.3) is 0 Å². The van der Waals surface area contributed by atoms with E-state index in [1.807, 2.05) is 0 Å². The van der Waals surface area contributed by atoms with Gasteiger partial charge in [-0.15, -0.1) is 0 Å². The van der Waals surface area contributed by atoms with E-state index in [0.717, 1.165) is 6.42 Å². The molecule has 6 heteroatoms. The molecule has 1 fully saturated rings. The van der Waals surface area contributed by atoms with Gasteiger partial charge in [0.1, 0.15) is 6.54 Å². The molecule has 0 saturated carbocycles. The molecule has 114 valence electrons. The first-order chi connectivity index (χ1) is 9.78. The van der Waals surface area contributed by atoms with Gasteiger partial charge in [-0.2, -0.15) is 0 Å². The Hall–Kier alpha value is -1.75. The Labute approximate surface area is 129 Å². The van der Waals surface area contributed by atoms with E-state index in [9.17, 15) is 9.59 Å².